The molecule has 2 heterocycles. The molecule has 162 valence electrons. The van der Waals surface area contributed by atoms with Gasteiger partial charge < -0.3 is 20.4 Å². The SMILES string of the molecule is CN=C(NCC(C)N1CCN(C)CC1)NC1CCN(C(=O)C2CCCC2)C1.I. The summed E-state index contributed by atoms with van der Waals surface area (Å²) in [5.74, 6) is 1.52. The molecule has 2 N–H and O–H groups in total. The number of hydrogen-bond donors (Lipinski definition) is 2. The van der Waals surface area contributed by atoms with Crippen LogP contribution in [0.25, 0.3) is 0 Å². The van der Waals surface area contributed by atoms with Gasteiger partial charge in [0, 0.05) is 70.9 Å². The molecular weight excluding hydrogens is 467 g/mol. The first-order valence-electron chi connectivity index (χ1n) is 10.8. The van der Waals surface area contributed by atoms with Crippen molar-refractivity contribution in [2.24, 2.45) is 10.9 Å². The minimum atomic E-state index is 0. The number of halogens is 1. The van der Waals surface area contributed by atoms with Crippen molar-refractivity contribution in [2.45, 2.75) is 51.1 Å². The highest BCUT2D eigenvalue weighted by Gasteiger charge is 2.32. The van der Waals surface area contributed by atoms with Crippen molar-refractivity contribution >= 4 is 35.8 Å². The highest BCUT2D eigenvalue weighted by atomic mass is 127. The van der Waals surface area contributed by atoms with Crippen molar-refractivity contribution in [2.75, 3.05) is 59.9 Å². The molecule has 28 heavy (non-hydrogen) atoms. The minimum Gasteiger partial charge on any atom is -0.355 e. The average molecular weight is 506 g/mol. The molecule has 0 aromatic heterocycles. The summed E-state index contributed by atoms with van der Waals surface area (Å²) in [4.78, 5) is 24.0. The van der Waals surface area contributed by atoms with E-state index in [4.69, 9.17) is 0 Å². The van der Waals surface area contributed by atoms with E-state index in [0.29, 0.717) is 18.0 Å². The minimum absolute atomic E-state index is 0. The molecular formula is C20H39IN6O. The van der Waals surface area contributed by atoms with Gasteiger partial charge >= 0.3 is 0 Å². The normalized spacial score (nSPS) is 26.2. The number of carbonyl (C=O) groups excluding carboxylic acids is 1. The predicted molar refractivity (Wildman–Crippen MR) is 125 cm³/mol. The molecule has 3 rings (SSSR count). The number of likely N-dealkylation sites (tertiary alicyclic amines) is 1. The van der Waals surface area contributed by atoms with Crippen LogP contribution in [0.3, 0.4) is 0 Å². The first-order chi connectivity index (χ1) is 13.1. The highest BCUT2D eigenvalue weighted by molar-refractivity contribution is 14.0. The number of amides is 1. The molecule has 0 aromatic carbocycles. The molecule has 0 aromatic rings. The molecule has 0 radical (unpaired) electrons. The molecule has 1 amide bonds. The maximum Gasteiger partial charge on any atom is 0.225 e. The Kier molecular flexibility index (Phi) is 9.76. The number of rotatable bonds is 5. The van der Waals surface area contributed by atoms with E-state index in [2.05, 4.69) is 44.3 Å². The van der Waals surface area contributed by atoms with Crippen LogP contribution in [0.1, 0.15) is 39.0 Å². The van der Waals surface area contributed by atoms with Crippen LogP contribution < -0.4 is 10.6 Å². The lowest BCUT2D eigenvalue weighted by Crippen LogP contribution is -2.53. The van der Waals surface area contributed by atoms with E-state index in [1.54, 1.807) is 0 Å². The van der Waals surface area contributed by atoms with Crippen LogP contribution in [0.2, 0.25) is 0 Å². The summed E-state index contributed by atoms with van der Waals surface area (Å²) in [7, 11) is 4.01. The highest BCUT2D eigenvalue weighted by Crippen LogP contribution is 2.27. The van der Waals surface area contributed by atoms with Gasteiger partial charge in [-0.3, -0.25) is 14.7 Å². The van der Waals surface area contributed by atoms with Gasteiger partial charge in [0.2, 0.25) is 5.91 Å². The van der Waals surface area contributed by atoms with Crippen molar-refractivity contribution in [3.63, 3.8) is 0 Å². The van der Waals surface area contributed by atoms with Crippen molar-refractivity contribution < 1.29 is 4.79 Å². The van der Waals surface area contributed by atoms with E-state index in [0.717, 1.165) is 71.0 Å². The number of nitrogens with one attached hydrogen (secondary N) is 2. The second kappa shape index (κ2) is 11.5. The van der Waals surface area contributed by atoms with Crippen LogP contribution >= 0.6 is 24.0 Å². The van der Waals surface area contributed by atoms with Crippen LogP contribution in [0.4, 0.5) is 0 Å². The summed E-state index contributed by atoms with van der Waals surface area (Å²) in [6.45, 7) is 9.41. The van der Waals surface area contributed by atoms with Gasteiger partial charge in [-0.05, 0) is 33.2 Å². The Labute approximate surface area is 187 Å². The fourth-order valence-electron chi connectivity index (χ4n) is 4.53. The van der Waals surface area contributed by atoms with Crippen LogP contribution in [-0.2, 0) is 4.79 Å². The molecule has 1 saturated carbocycles. The first-order valence-corrected chi connectivity index (χ1v) is 10.8. The second-order valence-corrected chi connectivity index (χ2v) is 8.54. The standard InChI is InChI=1S/C20H38N6O.HI/c1-16(25-12-10-24(3)11-13-25)14-22-20(21-2)23-18-8-9-26(15-18)19(27)17-6-4-5-7-17;/h16-18H,4-15H2,1-3H3,(H2,21,22,23);1H. The quantitative estimate of drug-likeness (QED) is 0.334. The summed E-state index contributed by atoms with van der Waals surface area (Å²) in [5, 5.41) is 7.01. The third-order valence-corrected chi connectivity index (χ3v) is 6.49. The molecule has 0 spiro atoms. The number of aliphatic imine (C=N–C) groups is 1. The number of guanidine groups is 1. The number of hydrogen-bond acceptors (Lipinski definition) is 4. The molecule has 2 atom stereocenters. The van der Waals surface area contributed by atoms with Crippen molar-refractivity contribution in [1.82, 2.24) is 25.3 Å². The fraction of sp³-hybridized carbons (Fsp3) is 0.900. The van der Waals surface area contributed by atoms with Crippen LogP contribution in [-0.4, -0.2) is 98.6 Å². The Hall–Kier alpha value is -0.610. The Morgan fingerprint density at radius 2 is 1.79 bits per heavy atom. The summed E-state index contributed by atoms with van der Waals surface area (Å²) < 4.78 is 0. The zero-order valence-corrected chi connectivity index (χ0v) is 20.2. The van der Waals surface area contributed by atoms with E-state index in [9.17, 15) is 4.79 Å². The molecule has 3 aliphatic rings. The molecule has 0 bridgehead atoms. The number of piperazine rings is 1. The first kappa shape index (κ1) is 23.7. The van der Waals surface area contributed by atoms with E-state index in [1.165, 1.54) is 12.8 Å². The topological polar surface area (TPSA) is 63.2 Å². The van der Waals surface area contributed by atoms with Gasteiger partial charge in [-0.2, -0.15) is 0 Å². The summed E-state index contributed by atoms with van der Waals surface area (Å²) in [5.41, 5.74) is 0. The van der Waals surface area contributed by atoms with Crippen molar-refractivity contribution in [1.29, 1.82) is 0 Å². The molecule has 3 fully saturated rings. The second-order valence-electron chi connectivity index (χ2n) is 8.54. The van der Waals surface area contributed by atoms with E-state index in [-0.39, 0.29) is 29.9 Å². The van der Waals surface area contributed by atoms with Gasteiger partial charge in [-0.15, -0.1) is 24.0 Å². The largest absolute Gasteiger partial charge is 0.355 e. The maximum atomic E-state index is 12.6. The van der Waals surface area contributed by atoms with Crippen LogP contribution in [0.5, 0.6) is 0 Å². The number of likely N-dealkylation sites (N-methyl/N-ethyl adjacent to an activating group) is 1. The lowest BCUT2D eigenvalue weighted by Gasteiger charge is -2.36. The third kappa shape index (κ3) is 6.45. The lowest BCUT2D eigenvalue weighted by molar-refractivity contribution is -0.134. The molecule has 1 aliphatic carbocycles. The zero-order chi connectivity index (χ0) is 19.2. The molecule has 2 aliphatic heterocycles. The van der Waals surface area contributed by atoms with Gasteiger partial charge in [-0.25, -0.2) is 0 Å². The Balaban J connectivity index is 0.00000280. The van der Waals surface area contributed by atoms with Crippen molar-refractivity contribution in [3.05, 3.63) is 0 Å². The summed E-state index contributed by atoms with van der Waals surface area (Å²) in [6, 6.07) is 0.793. The summed E-state index contributed by atoms with van der Waals surface area (Å²) >= 11 is 0. The Morgan fingerprint density at radius 3 is 2.43 bits per heavy atom. The van der Waals surface area contributed by atoms with Gasteiger partial charge in [0.15, 0.2) is 5.96 Å². The zero-order valence-electron chi connectivity index (χ0n) is 17.8. The molecule has 8 heteroatoms. The van der Waals surface area contributed by atoms with E-state index < -0.39 is 0 Å². The van der Waals surface area contributed by atoms with Crippen LogP contribution in [0, 0.1) is 5.92 Å². The van der Waals surface area contributed by atoms with E-state index >= 15 is 0 Å². The van der Waals surface area contributed by atoms with Crippen LogP contribution in [0.15, 0.2) is 4.99 Å². The fourth-order valence-corrected chi connectivity index (χ4v) is 4.53. The third-order valence-electron chi connectivity index (χ3n) is 6.49. The average Bonchev–Trinajstić information content (AvgIpc) is 3.37. The number of carbonyl (C=O) groups is 1. The monoisotopic (exact) mass is 506 g/mol. The molecule has 2 saturated heterocycles. The van der Waals surface area contributed by atoms with Crippen molar-refractivity contribution in [3.8, 4) is 0 Å². The summed E-state index contributed by atoms with van der Waals surface area (Å²) in [6.07, 6.45) is 5.61. The lowest BCUT2D eigenvalue weighted by atomic mass is 10.1. The van der Waals surface area contributed by atoms with Gasteiger partial charge in [-0.1, -0.05) is 12.8 Å². The Morgan fingerprint density at radius 1 is 1.11 bits per heavy atom. The van der Waals surface area contributed by atoms with Gasteiger partial charge in [0.05, 0.1) is 0 Å². The molecule has 2 unspecified atom stereocenters. The predicted octanol–water partition coefficient (Wildman–Crippen LogP) is 1.20. The maximum absolute atomic E-state index is 12.6. The molecule has 7 nitrogen and oxygen atoms in total. The van der Waals surface area contributed by atoms with Gasteiger partial charge in [0.1, 0.15) is 0 Å². The Bertz CT molecular complexity index is 517. The van der Waals surface area contributed by atoms with E-state index in [1.807, 2.05) is 7.05 Å². The number of nitrogens with zero attached hydrogens (tertiary/aromatic N) is 4. The van der Waals surface area contributed by atoms with Gasteiger partial charge in [0.25, 0.3) is 0 Å². The smallest absolute Gasteiger partial charge is 0.225 e.